The summed E-state index contributed by atoms with van der Waals surface area (Å²) in [6.45, 7) is 0.577. The Kier molecular flexibility index (Phi) is 5.05. The fourth-order valence-corrected chi connectivity index (χ4v) is 2.82. The Hall–Kier alpha value is -2.47. The third-order valence-corrected chi connectivity index (χ3v) is 4.09. The van der Waals surface area contributed by atoms with Crippen LogP contribution in [0.2, 0.25) is 0 Å². The third kappa shape index (κ3) is 3.71. The van der Waals surface area contributed by atoms with E-state index in [0.717, 1.165) is 23.0 Å². The molecule has 1 amide bonds. The fraction of sp³-hybridized carbons (Fsp3) is 0.389. The molecule has 0 aliphatic carbocycles. The van der Waals surface area contributed by atoms with E-state index in [1.165, 1.54) is 7.11 Å². The summed E-state index contributed by atoms with van der Waals surface area (Å²) in [4.78, 5) is 28.8. The maximum Gasteiger partial charge on any atom is 0.328 e. The zero-order chi connectivity index (χ0) is 16.9. The van der Waals surface area contributed by atoms with Crippen LogP contribution < -0.4 is 5.32 Å². The van der Waals surface area contributed by atoms with Crippen molar-refractivity contribution < 1.29 is 19.1 Å². The second kappa shape index (κ2) is 7.40. The Morgan fingerprint density at radius 1 is 1.33 bits per heavy atom. The zero-order valence-corrected chi connectivity index (χ0v) is 13.5. The SMILES string of the molecule is COC(=O)[C@@H](Cc1ccc2ccccc2n1)NC(=O)[C@H]1CCCO1. The van der Waals surface area contributed by atoms with Crippen molar-refractivity contribution in [1.82, 2.24) is 10.3 Å². The molecular weight excluding hydrogens is 308 g/mol. The summed E-state index contributed by atoms with van der Waals surface area (Å²) in [6, 6.07) is 10.8. The topological polar surface area (TPSA) is 77.5 Å². The summed E-state index contributed by atoms with van der Waals surface area (Å²) in [5.74, 6) is -0.764. The van der Waals surface area contributed by atoms with Crippen LogP contribution in [0.3, 0.4) is 0 Å². The highest BCUT2D eigenvalue weighted by Gasteiger charge is 2.29. The number of hydrogen-bond acceptors (Lipinski definition) is 5. The normalized spacial score (nSPS) is 18.3. The minimum Gasteiger partial charge on any atom is -0.467 e. The monoisotopic (exact) mass is 328 g/mol. The number of nitrogens with zero attached hydrogens (tertiary/aromatic N) is 1. The lowest BCUT2D eigenvalue weighted by atomic mass is 10.1. The van der Waals surface area contributed by atoms with Crippen LogP contribution in [0.4, 0.5) is 0 Å². The van der Waals surface area contributed by atoms with Gasteiger partial charge in [0.25, 0.3) is 0 Å². The number of ether oxygens (including phenoxy) is 2. The number of benzene rings is 1. The summed E-state index contributed by atoms with van der Waals surface area (Å²) in [5, 5.41) is 3.75. The lowest BCUT2D eigenvalue weighted by molar-refractivity contribution is -0.146. The van der Waals surface area contributed by atoms with Crippen LogP contribution in [0.1, 0.15) is 18.5 Å². The van der Waals surface area contributed by atoms with Crippen LogP contribution in [-0.4, -0.2) is 42.7 Å². The molecule has 2 atom stereocenters. The van der Waals surface area contributed by atoms with Crippen LogP contribution in [0.5, 0.6) is 0 Å². The highest BCUT2D eigenvalue weighted by atomic mass is 16.5. The number of fused-ring (bicyclic) bond motifs is 1. The quantitative estimate of drug-likeness (QED) is 0.844. The molecule has 6 heteroatoms. The number of esters is 1. The van der Waals surface area contributed by atoms with Gasteiger partial charge in [-0.25, -0.2) is 4.79 Å². The molecule has 24 heavy (non-hydrogen) atoms. The maximum absolute atomic E-state index is 12.2. The molecule has 0 bridgehead atoms. The van der Waals surface area contributed by atoms with Crippen molar-refractivity contribution in [2.75, 3.05) is 13.7 Å². The van der Waals surface area contributed by atoms with Gasteiger partial charge in [-0.2, -0.15) is 0 Å². The molecule has 1 aliphatic heterocycles. The fourth-order valence-electron chi connectivity index (χ4n) is 2.82. The second-order valence-corrected chi connectivity index (χ2v) is 5.79. The summed E-state index contributed by atoms with van der Waals surface area (Å²) in [5.41, 5.74) is 1.57. The van der Waals surface area contributed by atoms with Gasteiger partial charge in [0.2, 0.25) is 5.91 Å². The molecule has 1 saturated heterocycles. The first-order valence-corrected chi connectivity index (χ1v) is 8.02. The smallest absolute Gasteiger partial charge is 0.328 e. The maximum atomic E-state index is 12.2. The third-order valence-electron chi connectivity index (χ3n) is 4.09. The predicted molar refractivity (Wildman–Crippen MR) is 88.4 cm³/mol. The van der Waals surface area contributed by atoms with Gasteiger partial charge in [-0.05, 0) is 25.0 Å². The molecule has 2 heterocycles. The molecule has 126 valence electrons. The minimum absolute atomic E-state index is 0.274. The molecule has 2 aromatic rings. The molecule has 0 spiro atoms. The molecule has 0 unspecified atom stereocenters. The van der Waals surface area contributed by atoms with Crippen LogP contribution in [-0.2, 0) is 25.5 Å². The Morgan fingerprint density at radius 2 is 2.17 bits per heavy atom. The van der Waals surface area contributed by atoms with Crippen molar-refractivity contribution in [2.24, 2.45) is 0 Å². The first kappa shape index (κ1) is 16.4. The average molecular weight is 328 g/mol. The van der Waals surface area contributed by atoms with Crippen molar-refractivity contribution in [3.8, 4) is 0 Å². The van der Waals surface area contributed by atoms with Gasteiger partial charge in [0.05, 0.1) is 12.6 Å². The predicted octanol–water partition coefficient (Wildman–Crippen LogP) is 1.61. The highest BCUT2D eigenvalue weighted by molar-refractivity contribution is 5.87. The van der Waals surface area contributed by atoms with Crippen molar-refractivity contribution in [3.05, 3.63) is 42.1 Å². The number of para-hydroxylation sites is 1. The lowest BCUT2D eigenvalue weighted by Gasteiger charge is -2.18. The van der Waals surface area contributed by atoms with Gasteiger partial charge in [0, 0.05) is 24.1 Å². The van der Waals surface area contributed by atoms with Crippen molar-refractivity contribution in [3.63, 3.8) is 0 Å². The summed E-state index contributed by atoms with van der Waals surface area (Å²) < 4.78 is 10.2. The van der Waals surface area contributed by atoms with E-state index in [1.54, 1.807) is 0 Å². The van der Waals surface area contributed by atoms with Crippen LogP contribution in [0.15, 0.2) is 36.4 Å². The van der Waals surface area contributed by atoms with E-state index < -0.39 is 18.1 Å². The number of pyridine rings is 1. The van der Waals surface area contributed by atoms with Gasteiger partial charge >= 0.3 is 5.97 Å². The molecule has 1 aromatic carbocycles. The van der Waals surface area contributed by atoms with E-state index in [-0.39, 0.29) is 12.3 Å². The Morgan fingerprint density at radius 3 is 2.92 bits per heavy atom. The van der Waals surface area contributed by atoms with Crippen molar-refractivity contribution in [1.29, 1.82) is 0 Å². The average Bonchev–Trinajstić information content (AvgIpc) is 3.15. The number of amides is 1. The van der Waals surface area contributed by atoms with Crippen molar-refractivity contribution in [2.45, 2.75) is 31.4 Å². The first-order valence-electron chi connectivity index (χ1n) is 8.02. The Bertz CT molecular complexity index is 741. The van der Waals surface area contributed by atoms with Gasteiger partial charge in [-0.1, -0.05) is 24.3 Å². The molecule has 3 rings (SSSR count). The van der Waals surface area contributed by atoms with Gasteiger partial charge in [0.15, 0.2) is 0 Å². The standard InChI is InChI=1S/C18H20N2O4/c1-23-18(22)15(20-17(21)16-7-4-10-24-16)11-13-9-8-12-5-2-3-6-14(12)19-13/h2-3,5-6,8-9,15-16H,4,7,10-11H2,1H3,(H,20,21)/t15-,16-/m1/s1. The Balaban J connectivity index is 1.75. The molecule has 1 aliphatic rings. The van der Waals surface area contributed by atoms with Crippen LogP contribution in [0, 0.1) is 0 Å². The van der Waals surface area contributed by atoms with E-state index >= 15 is 0 Å². The van der Waals surface area contributed by atoms with Crippen LogP contribution in [0.25, 0.3) is 10.9 Å². The number of aromatic nitrogens is 1. The van der Waals surface area contributed by atoms with E-state index in [2.05, 4.69) is 10.3 Å². The van der Waals surface area contributed by atoms with Gasteiger partial charge < -0.3 is 14.8 Å². The zero-order valence-electron chi connectivity index (χ0n) is 13.5. The number of rotatable bonds is 5. The van der Waals surface area contributed by atoms with E-state index in [0.29, 0.717) is 13.0 Å². The molecule has 1 fully saturated rings. The molecule has 1 N–H and O–H groups in total. The molecular formula is C18H20N2O4. The van der Waals surface area contributed by atoms with E-state index in [9.17, 15) is 9.59 Å². The number of hydrogen-bond donors (Lipinski definition) is 1. The lowest BCUT2D eigenvalue weighted by Crippen LogP contribution is -2.47. The molecule has 0 radical (unpaired) electrons. The largest absolute Gasteiger partial charge is 0.467 e. The van der Waals surface area contributed by atoms with E-state index in [4.69, 9.17) is 9.47 Å². The number of nitrogens with one attached hydrogen (secondary N) is 1. The van der Waals surface area contributed by atoms with E-state index in [1.807, 2.05) is 36.4 Å². The molecule has 0 saturated carbocycles. The van der Waals surface area contributed by atoms with Gasteiger partial charge in [-0.3, -0.25) is 9.78 Å². The summed E-state index contributed by atoms with van der Waals surface area (Å²) in [7, 11) is 1.31. The number of carbonyl (C=O) groups is 2. The van der Waals surface area contributed by atoms with Gasteiger partial charge in [-0.15, -0.1) is 0 Å². The second-order valence-electron chi connectivity index (χ2n) is 5.79. The van der Waals surface area contributed by atoms with Crippen LogP contribution >= 0.6 is 0 Å². The minimum atomic E-state index is -0.777. The summed E-state index contributed by atoms with van der Waals surface area (Å²) >= 11 is 0. The Labute approximate surface area is 140 Å². The number of carbonyl (C=O) groups excluding carboxylic acids is 2. The summed E-state index contributed by atoms with van der Waals surface area (Å²) in [6.07, 6.45) is 1.32. The molecule has 1 aromatic heterocycles. The highest BCUT2D eigenvalue weighted by Crippen LogP contribution is 2.15. The van der Waals surface area contributed by atoms with Gasteiger partial charge in [0.1, 0.15) is 12.1 Å². The first-order chi connectivity index (χ1) is 11.7. The number of methoxy groups -OCH3 is 1. The van der Waals surface area contributed by atoms with Crippen molar-refractivity contribution >= 4 is 22.8 Å². The molecule has 6 nitrogen and oxygen atoms in total.